The Morgan fingerprint density at radius 3 is 2.32 bits per heavy atom. The SMILES string of the molecule is C/C=C/C=C/C(=O)OCc1ccc2ccc3cccc4ccc1c2c34. The van der Waals surface area contributed by atoms with Crippen molar-refractivity contribution < 1.29 is 9.53 Å². The van der Waals surface area contributed by atoms with Crippen LogP contribution in [0.3, 0.4) is 0 Å². The van der Waals surface area contributed by atoms with E-state index in [4.69, 9.17) is 4.74 Å². The van der Waals surface area contributed by atoms with Crippen molar-refractivity contribution in [1.82, 2.24) is 0 Å². The highest BCUT2D eigenvalue weighted by Gasteiger charge is 2.11. The summed E-state index contributed by atoms with van der Waals surface area (Å²) in [5.74, 6) is -0.330. The number of carbonyl (C=O) groups is 1. The Balaban J connectivity index is 1.76. The standard InChI is InChI=1S/C23H18O2/c1-2-3-4-8-21(24)25-15-19-12-11-18-10-9-16-6-5-7-17-13-14-20(19)23(18)22(16)17/h2-14H,15H2,1H3/b3-2+,8-4+. The minimum absolute atomic E-state index is 0.271. The van der Waals surface area contributed by atoms with Gasteiger partial charge in [-0.1, -0.05) is 72.8 Å². The lowest BCUT2D eigenvalue weighted by Gasteiger charge is -2.13. The van der Waals surface area contributed by atoms with E-state index in [2.05, 4.69) is 48.5 Å². The number of carbonyl (C=O) groups excluding carboxylic acids is 1. The third-order valence-electron chi connectivity index (χ3n) is 4.52. The van der Waals surface area contributed by atoms with Crippen LogP contribution in [0.25, 0.3) is 32.3 Å². The normalized spacial score (nSPS) is 12.2. The van der Waals surface area contributed by atoms with E-state index in [-0.39, 0.29) is 12.6 Å². The first-order valence-corrected chi connectivity index (χ1v) is 8.39. The summed E-state index contributed by atoms with van der Waals surface area (Å²) in [6, 6.07) is 19.1. The lowest BCUT2D eigenvalue weighted by molar-refractivity contribution is -0.138. The molecule has 0 aliphatic carbocycles. The molecule has 122 valence electrons. The van der Waals surface area contributed by atoms with Crippen molar-refractivity contribution in [3.63, 3.8) is 0 Å². The molecule has 0 spiro atoms. The molecule has 2 heteroatoms. The van der Waals surface area contributed by atoms with Gasteiger partial charge in [-0.2, -0.15) is 0 Å². The summed E-state index contributed by atoms with van der Waals surface area (Å²) in [6.07, 6.45) is 6.80. The molecule has 0 radical (unpaired) electrons. The number of ether oxygens (including phenoxy) is 1. The lowest BCUT2D eigenvalue weighted by atomic mass is 9.92. The molecule has 4 rings (SSSR count). The van der Waals surface area contributed by atoms with E-state index >= 15 is 0 Å². The van der Waals surface area contributed by atoms with E-state index in [1.54, 1.807) is 12.2 Å². The highest BCUT2D eigenvalue weighted by Crippen LogP contribution is 2.35. The molecule has 0 aliphatic rings. The van der Waals surface area contributed by atoms with Crippen molar-refractivity contribution in [2.24, 2.45) is 0 Å². The fourth-order valence-corrected chi connectivity index (χ4v) is 3.36. The number of hydrogen-bond acceptors (Lipinski definition) is 2. The van der Waals surface area contributed by atoms with Crippen molar-refractivity contribution in [3.8, 4) is 0 Å². The van der Waals surface area contributed by atoms with Crippen LogP contribution in [0.15, 0.2) is 78.9 Å². The molecule has 0 amide bonds. The highest BCUT2D eigenvalue weighted by molar-refractivity contribution is 6.23. The first-order valence-electron chi connectivity index (χ1n) is 8.39. The number of esters is 1. The topological polar surface area (TPSA) is 26.3 Å². The van der Waals surface area contributed by atoms with Crippen molar-refractivity contribution >= 4 is 38.3 Å². The largest absolute Gasteiger partial charge is 0.458 e. The molecule has 4 aromatic rings. The monoisotopic (exact) mass is 326 g/mol. The fourth-order valence-electron chi connectivity index (χ4n) is 3.36. The Labute approximate surface area is 146 Å². The maximum Gasteiger partial charge on any atom is 0.331 e. The predicted molar refractivity (Wildman–Crippen MR) is 104 cm³/mol. The lowest BCUT2D eigenvalue weighted by Crippen LogP contribution is -2.01. The number of allylic oxidation sites excluding steroid dienone is 3. The molecule has 25 heavy (non-hydrogen) atoms. The van der Waals surface area contributed by atoms with Crippen molar-refractivity contribution in [2.75, 3.05) is 0 Å². The van der Waals surface area contributed by atoms with Gasteiger partial charge < -0.3 is 4.74 Å². The highest BCUT2D eigenvalue weighted by atomic mass is 16.5. The fraction of sp³-hybridized carbons (Fsp3) is 0.0870. The third kappa shape index (κ3) is 2.76. The minimum Gasteiger partial charge on any atom is -0.458 e. The second kappa shape index (κ2) is 6.40. The van der Waals surface area contributed by atoms with Crippen molar-refractivity contribution in [3.05, 3.63) is 84.5 Å². The minimum atomic E-state index is -0.330. The van der Waals surface area contributed by atoms with Gasteiger partial charge in [0, 0.05) is 6.08 Å². The molecule has 2 nitrogen and oxygen atoms in total. The van der Waals surface area contributed by atoms with Gasteiger partial charge in [0.2, 0.25) is 0 Å². The molecule has 0 bridgehead atoms. The summed E-state index contributed by atoms with van der Waals surface area (Å²) < 4.78 is 5.41. The molecule has 0 saturated carbocycles. The van der Waals surface area contributed by atoms with Crippen molar-refractivity contribution in [2.45, 2.75) is 13.5 Å². The van der Waals surface area contributed by atoms with Crippen LogP contribution in [0.4, 0.5) is 0 Å². The van der Waals surface area contributed by atoms with Crippen LogP contribution in [0.5, 0.6) is 0 Å². The average molecular weight is 326 g/mol. The van der Waals surface area contributed by atoms with Crippen LogP contribution in [0.1, 0.15) is 12.5 Å². The summed E-state index contributed by atoms with van der Waals surface area (Å²) in [5.41, 5.74) is 1.03. The van der Waals surface area contributed by atoms with Gasteiger partial charge >= 0.3 is 5.97 Å². The van der Waals surface area contributed by atoms with Gasteiger partial charge in [-0.3, -0.25) is 0 Å². The smallest absolute Gasteiger partial charge is 0.331 e. The summed E-state index contributed by atoms with van der Waals surface area (Å²) in [6.45, 7) is 2.17. The van der Waals surface area contributed by atoms with E-state index in [0.29, 0.717) is 0 Å². The summed E-state index contributed by atoms with van der Waals surface area (Å²) >= 11 is 0. The van der Waals surface area contributed by atoms with Crippen LogP contribution < -0.4 is 0 Å². The molecule has 0 N–H and O–H groups in total. The third-order valence-corrected chi connectivity index (χ3v) is 4.52. The maximum absolute atomic E-state index is 11.8. The Hall–Kier alpha value is -3.13. The second-order valence-corrected chi connectivity index (χ2v) is 6.07. The zero-order chi connectivity index (χ0) is 17.2. The molecular weight excluding hydrogens is 308 g/mol. The van der Waals surface area contributed by atoms with Gasteiger partial charge in [0.1, 0.15) is 6.61 Å². The first-order chi connectivity index (χ1) is 12.3. The Kier molecular flexibility index (Phi) is 3.95. The second-order valence-electron chi connectivity index (χ2n) is 6.07. The molecule has 4 aromatic carbocycles. The van der Waals surface area contributed by atoms with E-state index in [1.807, 2.05) is 19.1 Å². The molecular formula is C23H18O2. The Morgan fingerprint density at radius 1 is 0.880 bits per heavy atom. The van der Waals surface area contributed by atoms with Gasteiger partial charge in [-0.25, -0.2) is 4.79 Å². The molecule has 0 unspecified atom stereocenters. The van der Waals surface area contributed by atoms with Gasteiger partial charge in [-0.15, -0.1) is 0 Å². The van der Waals surface area contributed by atoms with Gasteiger partial charge in [0.05, 0.1) is 0 Å². The number of hydrogen-bond donors (Lipinski definition) is 0. The zero-order valence-electron chi connectivity index (χ0n) is 14.0. The van der Waals surface area contributed by atoms with Crippen LogP contribution in [0, 0.1) is 0 Å². The van der Waals surface area contributed by atoms with E-state index in [9.17, 15) is 4.79 Å². The van der Waals surface area contributed by atoms with Crippen LogP contribution in [-0.2, 0) is 16.1 Å². The Bertz CT molecular complexity index is 1100. The molecule has 0 saturated heterocycles. The maximum atomic E-state index is 11.8. The van der Waals surface area contributed by atoms with Crippen molar-refractivity contribution in [1.29, 1.82) is 0 Å². The van der Waals surface area contributed by atoms with E-state index < -0.39 is 0 Å². The van der Waals surface area contributed by atoms with E-state index in [0.717, 1.165) is 10.9 Å². The molecule has 0 heterocycles. The quantitative estimate of drug-likeness (QED) is 0.206. The zero-order valence-corrected chi connectivity index (χ0v) is 14.0. The predicted octanol–water partition coefficient (Wildman–Crippen LogP) is 5.76. The van der Waals surface area contributed by atoms with E-state index in [1.165, 1.54) is 33.0 Å². The van der Waals surface area contributed by atoms with Crippen LogP contribution in [0.2, 0.25) is 0 Å². The number of benzene rings is 4. The molecule has 0 aliphatic heterocycles. The Morgan fingerprint density at radius 2 is 1.56 bits per heavy atom. The van der Waals surface area contributed by atoms with Gasteiger partial charge in [0.25, 0.3) is 0 Å². The summed E-state index contributed by atoms with van der Waals surface area (Å²) in [7, 11) is 0. The first kappa shape index (κ1) is 15.4. The average Bonchev–Trinajstić information content (AvgIpc) is 2.65. The van der Waals surface area contributed by atoms with Gasteiger partial charge in [-0.05, 0) is 44.8 Å². The summed E-state index contributed by atoms with van der Waals surface area (Å²) in [4.78, 5) is 11.8. The van der Waals surface area contributed by atoms with Crippen LogP contribution in [-0.4, -0.2) is 5.97 Å². The molecule has 0 aromatic heterocycles. The number of rotatable bonds is 4. The van der Waals surface area contributed by atoms with Crippen LogP contribution >= 0.6 is 0 Å². The molecule has 0 atom stereocenters. The molecule has 0 fully saturated rings. The van der Waals surface area contributed by atoms with Gasteiger partial charge in [0.15, 0.2) is 0 Å². The summed E-state index contributed by atoms with van der Waals surface area (Å²) in [5, 5.41) is 7.35.